The Morgan fingerprint density at radius 3 is 2.92 bits per heavy atom. The number of hydrogen-bond acceptors (Lipinski definition) is 5. The molecule has 2 rings (SSSR count). The van der Waals surface area contributed by atoms with Crippen LogP contribution in [0.3, 0.4) is 0 Å². The van der Waals surface area contributed by atoms with Gasteiger partial charge in [-0.3, -0.25) is 4.98 Å². The number of pyridine rings is 1. The van der Waals surface area contributed by atoms with E-state index >= 15 is 0 Å². The van der Waals surface area contributed by atoms with E-state index in [0.717, 1.165) is 17.0 Å². The third kappa shape index (κ3) is 2.00. The Morgan fingerprint density at radius 1 is 1.38 bits per heavy atom. The van der Waals surface area contributed by atoms with Crippen LogP contribution in [-0.4, -0.2) is 15.2 Å². The molecule has 0 fully saturated rings. The molecule has 2 heterocycles. The molecule has 0 spiro atoms. The Labute approximate surface area is 79.5 Å². The zero-order valence-electron chi connectivity index (χ0n) is 6.84. The van der Waals surface area contributed by atoms with E-state index in [-0.39, 0.29) is 0 Å². The van der Waals surface area contributed by atoms with Crippen LogP contribution in [0, 0.1) is 0 Å². The lowest BCUT2D eigenvalue weighted by Gasteiger charge is -1.93. The SMILES string of the molecule is Nc1nnc(Cc2cccnc2)s1. The van der Waals surface area contributed by atoms with Gasteiger partial charge in [0.05, 0.1) is 0 Å². The van der Waals surface area contributed by atoms with Gasteiger partial charge >= 0.3 is 0 Å². The van der Waals surface area contributed by atoms with Gasteiger partial charge in [0.2, 0.25) is 5.13 Å². The summed E-state index contributed by atoms with van der Waals surface area (Å²) >= 11 is 1.41. The normalized spacial score (nSPS) is 10.2. The molecular formula is C8H8N4S. The van der Waals surface area contributed by atoms with Crippen molar-refractivity contribution in [3.8, 4) is 0 Å². The van der Waals surface area contributed by atoms with E-state index in [2.05, 4.69) is 15.2 Å². The first kappa shape index (κ1) is 8.12. The number of rotatable bonds is 2. The van der Waals surface area contributed by atoms with Crippen LogP contribution in [0.1, 0.15) is 10.6 Å². The van der Waals surface area contributed by atoms with E-state index in [0.29, 0.717) is 5.13 Å². The molecule has 0 aliphatic rings. The van der Waals surface area contributed by atoms with Gasteiger partial charge in [0.1, 0.15) is 5.01 Å². The fraction of sp³-hybridized carbons (Fsp3) is 0.125. The summed E-state index contributed by atoms with van der Waals surface area (Å²) < 4.78 is 0. The zero-order chi connectivity index (χ0) is 9.10. The second-order valence-corrected chi connectivity index (χ2v) is 3.67. The topological polar surface area (TPSA) is 64.7 Å². The summed E-state index contributed by atoms with van der Waals surface area (Å²) in [7, 11) is 0. The molecule has 0 atom stereocenters. The molecule has 0 aliphatic heterocycles. The van der Waals surface area contributed by atoms with Crippen LogP contribution in [0.25, 0.3) is 0 Å². The Bertz CT molecular complexity index is 384. The van der Waals surface area contributed by atoms with Crippen LogP contribution >= 0.6 is 11.3 Å². The molecule has 5 heteroatoms. The predicted molar refractivity (Wildman–Crippen MR) is 51.4 cm³/mol. The molecule has 0 saturated carbocycles. The minimum atomic E-state index is 0.513. The van der Waals surface area contributed by atoms with E-state index in [1.165, 1.54) is 11.3 Å². The smallest absolute Gasteiger partial charge is 0.203 e. The first-order valence-corrected chi connectivity index (χ1v) is 4.63. The van der Waals surface area contributed by atoms with Crippen LogP contribution in [-0.2, 0) is 6.42 Å². The summed E-state index contributed by atoms with van der Waals surface area (Å²) in [5.41, 5.74) is 6.59. The number of anilines is 1. The highest BCUT2D eigenvalue weighted by atomic mass is 32.1. The molecule has 2 aromatic heterocycles. The molecule has 0 aliphatic carbocycles. The van der Waals surface area contributed by atoms with Gasteiger partial charge in [0, 0.05) is 18.8 Å². The zero-order valence-corrected chi connectivity index (χ0v) is 7.66. The fourth-order valence-corrected chi connectivity index (χ4v) is 1.66. The molecule has 0 bridgehead atoms. The summed E-state index contributed by atoms with van der Waals surface area (Å²) in [6, 6.07) is 3.91. The lowest BCUT2D eigenvalue weighted by Crippen LogP contribution is -1.87. The van der Waals surface area contributed by atoms with Gasteiger partial charge in [-0.25, -0.2) is 0 Å². The van der Waals surface area contributed by atoms with Gasteiger partial charge in [-0.15, -0.1) is 10.2 Å². The summed E-state index contributed by atoms with van der Waals surface area (Å²) in [6.07, 6.45) is 4.32. The molecular weight excluding hydrogens is 184 g/mol. The van der Waals surface area contributed by atoms with Gasteiger partial charge < -0.3 is 5.73 Å². The van der Waals surface area contributed by atoms with Crippen molar-refractivity contribution in [1.29, 1.82) is 0 Å². The monoisotopic (exact) mass is 192 g/mol. The number of hydrogen-bond donors (Lipinski definition) is 1. The summed E-state index contributed by atoms with van der Waals surface area (Å²) in [6.45, 7) is 0. The molecule has 0 aromatic carbocycles. The third-order valence-corrected chi connectivity index (χ3v) is 2.31. The van der Waals surface area contributed by atoms with Gasteiger partial charge in [-0.1, -0.05) is 17.4 Å². The van der Waals surface area contributed by atoms with Crippen LogP contribution in [0.2, 0.25) is 0 Å². The Balaban J connectivity index is 2.15. The van der Waals surface area contributed by atoms with Crippen molar-refractivity contribution in [2.24, 2.45) is 0 Å². The average Bonchev–Trinajstić information content (AvgIpc) is 2.53. The van der Waals surface area contributed by atoms with Crippen molar-refractivity contribution < 1.29 is 0 Å². The van der Waals surface area contributed by atoms with E-state index in [1.54, 1.807) is 6.20 Å². The first-order valence-electron chi connectivity index (χ1n) is 3.81. The average molecular weight is 192 g/mol. The standard InChI is InChI=1S/C8H8N4S/c9-8-12-11-7(13-8)4-6-2-1-3-10-5-6/h1-3,5H,4H2,(H2,9,12). The molecule has 13 heavy (non-hydrogen) atoms. The van der Waals surface area contributed by atoms with Gasteiger partial charge in [-0.2, -0.15) is 0 Å². The number of aromatic nitrogens is 3. The summed E-state index contributed by atoms with van der Waals surface area (Å²) in [5, 5.41) is 9.10. The predicted octanol–water partition coefficient (Wildman–Crippen LogP) is 1.11. The second kappa shape index (κ2) is 3.49. The van der Waals surface area contributed by atoms with E-state index in [4.69, 9.17) is 5.73 Å². The first-order chi connectivity index (χ1) is 6.34. The molecule has 2 N–H and O–H groups in total. The highest BCUT2D eigenvalue weighted by Gasteiger charge is 2.01. The largest absolute Gasteiger partial charge is 0.374 e. The van der Waals surface area contributed by atoms with Crippen molar-refractivity contribution in [2.45, 2.75) is 6.42 Å². The van der Waals surface area contributed by atoms with Crippen LogP contribution in [0.4, 0.5) is 5.13 Å². The minimum Gasteiger partial charge on any atom is -0.374 e. The van der Waals surface area contributed by atoms with E-state index in [1.807, 2.05) is 18.3 Å². The molecule has 0 saturated heterocycles. The lowest BCUT2D eigenvalue weighted by molar-refractivity contribution is 1.00. The van der Waals surface area contributed by atoms with Gasteiger partial charge in [0.15, 0.2) is 0 Å². The van der Waals surface area contributed by atoms with Crippen molar-refractivity contribution in [2.75, 3.05) is 5.73 Å². The fourth-order valence-electron chi connectivity index (χ4n) is 1.02. The number of nitrogens with zero attached hydrogens (tertiary/aromatic N) is 3. The molecule has 0 radical (unpaired) electrons. The van der Waals surface area contributed by atoms with Crippen molar-refractivity contribution in [1.82, 2.24) is 15.2 Å². The number of nitrogen functional groups attached to an aromatic ring is 1. The molecule has 4 nitrogen and oxygen atoms in total. The highest BCUT2D eigenvalue weighted by molar-refractivity contribution is 7.15. The molecule has 66 valence electrons. The second-order valence-electron chi connectivity index (χ2n) is 2.57. The summed E-state index contributed by atoms with van der Waals surface area (Å²) in [4.78, 5) is 4.01. The van der Waals surface area contributed by atoms with E-state index in [9.17, 15) is 0 Å². The molecule has 0 amide bonds. The highest BCUT2D eigenvalue weighted by Crippen LogP contribution is 2.14. The maximum Gasteiger partial charge on any atom is 0.203 e. The maximum absolute atomic E-state index is 5.46. The van der Waals surface area contributed by atoms with Crippen molar-refractivity contribution in [3.63, 3.8) is 0 Å². The van der Waals surface area contributed by atoms with Crippen molar-refractivity contribution >= 4 is 16.5 Å². The van der Waals surface area contributed by atoms with Gasteiger partial charge in [0.25, 0.3) is 0 Å². The van der Waals surface area contributed by atoms with Crippen LogP contribution < -0.4 is 5.73 Å². The summed E-state index contributed by atoms with van der Waals surface area (Å²) in [5.74, 6) is 0. The molecule has 2 aromatic rings. The maximum atomic E-state index is 5.46. The number of nitrogens with two attached hydrogens (primary N) is 1. The van der Waals surface area contributed by atoms with Crippen molar-refractivity contribution in [3.05, 3.63) is 35.1 Å². The quantitative estimate of drug-likeness (QED) is 0.774. The van der Waals surface area contributed by atoms with E-state index < -0.39 is 0 Å². The van der Waals surface area contributed by atoms with Gasteiger partial charge in [-0.05, 0) is 11.6 Å². The lowest BCUT2D eigenvalue weighted by atomic mass is 10.2. The Kier molecular flexibility index (Phi) is 2.18. The minimum absolute atomic E-state index is 0.513. The third-order valence-electron chi connectivity index (χ3n) is 1.56. The Morgan fingerprint density at radius 2 is 2.31 bits per heavy atom. The van der Waals surface area contributed by atoms with Crippen LogP contribution in [0.5, 0.6) is 0 Å². The molecule has 0 unspecified atom stereocenters. The van der Waals surface area contributed by atoms with Crippen LogP contribution in [0.15, 0.2) is 24.5 Å². The Hall–Kier alpha value is -1.49.